The summed E-state index contributed by atoms with van der Waals surface area (Å²) in [4.78, 5) is 0. The maximum absolute atomic E-state index is 5.65. The minimum Gasteiger partial charge on any atom is -0.271 e. The summed E-state index contributed by atoms with van der Waals surface area (Å²) < 4.78 is 0. The molecular weight excluding hydrogens is 196 g/mol. The Balaban J connectivity index is 2.07. The van der Waals surface area contributed by atoms with Gasteiger partial charge in [0.25, 0.3) is 0 Å². The molecule has 3 atom stereocenters. The van der Waals surface area contributed by atoms with Crippen LogP contribution in [0.2, 0.25) is 0 Å². The number of benzene rings is 1. The molecule has 2 heteroatoms. The number of nitrogens with two attached hydrogens (primary N) is 1. The van der Waals surface area contributed by atoms with E-state index in [1.165, 1.54) is 30.4 Å². The highest BCUT2D eigenvalue weighted by atomic mass is 15.2. The monoisotopic (exact) mass is 218 g/mol. The molecule has 2 rings (SSSR count). The lowest BCUT2D eigenvalue weighted by molar-refractivity contribution is 0.476. The molecule has 16 heavy (non-hydrogen) atoms. The van der Waals surface area contributed by atoms with Crippen LogP contribution in [0.1, 0.15) is 43.9 Å². The zero-order valence-electron chi connectivity index (χ0n) is 10.2. The first-order valence-corrected chi connectivity index (χ1v) is 6.31. The summed E-state index contributed by atoms with van der Waals surface area (Å²) >= 11 is 0. The topological polar surface area (TPSA) is 38.0 Å². The molecule has 1 fully saturated rings. The van der Waals surface area contributed by atoms with Gasteiger partial charge in [0.2, 0.25) is 0 Å². The van der Waals surface area contributed by atoms with Crippen LogP contribution in [-0.2, 0) is 6.42 Å². The van der Waals surface area contributed by atoms with E-state index in [1.807, 2.05) is 0 Å². The molecule has 0 saturated heterocycles. The van der Waals surface area contributed by atoms with Gasteiger partial charge in [0.1, 0.15) is 0 Å². The van der Waals surface area contributed by atoms with Crippen LogP contribution in [0.15, 0.2) is 24.3 Å². The number of nitrogens with one attached hydrogen (secondary N) is 1. The van der Waals surface area contributed by atoms with Crippen molar-refractivity contribution in [3.8, 4) is 0 Å². The van der Waals surface area contributed by atoms with Crippen LogP contribution in [0.3, 0.4) is 0 Å². The van der Waals surface area contributed by atoms with Gasteiger partial charge < -0.3 is 0 Å². The number of hydrogen-bond donors (Lipinski definition) is 2. The molecule has 0 spiro atoms. The van der Waals surface area contributed by atoms with Crippen molar-refractivity contribution in [2.75, 3.05) is 0 Å². The third-order valence-corrected chi connectivity index (χ3v) is 3.66. The smallest absolute Gasteiger partial charge is 0.0490 e. The van der Waals surface area contributed by atoms with Crippen molar-refractivity contribution in [3.63, 3.8) is 0 Å². The van der Waals surface area contributed by atoms with E-state index in [0.717, 1.165) is 11.8 Å². The van der Waals surface area contributed by atoms with Gasteiger partial charge in [-0.2, -0.15) is 0 Å². The highest BCUT2D eigenvalue weighted by Crippen LogP contribution is 2.46. The molecule has 2 nitrogen and oxygen atoms in total. The Morgan fingerprint density at radius 3 is 2.44 bits per heavy atom. The van der Waals surface area contributed by atoms with Crippen molar-refractivity contribution < 1.29 is 0 Å². The average Bonchev–Trinajstić information content (AvgIpc) is 3.00. The molecule has 0 amide bonds. The van der Waals surface area contributed by atoms with Crippen LogP contribution in [0.4, 0.5) is 0 Å². The third kappa shape index (κ3) is 2.45. The standard InChI is InChI=1S/C14H22N2/c1-3-4-11-5-7-12(8-6-11)14(16-15)13-9-10(13)2/h5-8,10,13-14,16H,3-4,9,15H2,1-2H3. The van der Waals surface area contributed by atoms with Crippen molar-refractivity contribution in [1.29, 1.82) is 0 Å². The Morgan fingerprint density at radius 1 is 1.38 bits per heavy atom. The van der Waals surface area contributed by atoms with Gasteiger partial charge in [-0.3, -0.25) is 11.3 Å². The fourth-order valence-electron chi connectivity index (χ4n) is 2.46. The van der Waals surface area contributed by atoms with E-state index in [-0.39, 0.29) is 0 Å². The predicted molar refractivity (Wildman–Crippen MR) is 67.8 cm³/mol. The number of hydrogen-bond acceptors (Lipinski definition) is 2. The van der Waals surface area contributed by atoms with Crippen LogP contribution in [0.25, 0.3) is 0 Å². The second kappa shape index (κ2) is 4.98. The maximum Gasteiger partial charge on any atom is 0.0490 e. The summed E-state index contributed by atoms with van der Waals surface area (Å²) in [5.74, 6) is 7.19. The van der Waals surface area contributed by atoms with Crippen LogP contribution in [0, 0.1) is 11.8 Å². The second-order valence-corrected chi connectivity index (χ2v) is 5.01. The Morgan fingerprint density at radius 2 is 2.00 bits per heavy atom. The molecule has 1 aromatic rings. The number of hydrazine groups is 1. The van der Waals surface area contributed by atoms with Crippen LogP contribution in [-0.4, -0.2) is 0 Å². The molecule has 0 bridgehead atoms. The fourth-order valence-corrected chi connectivity index (χ4v) is 2.46. The highest BCUT2D eigenvalue weighted by molar-refractivity contribution is 5.26. The molecule has 0 radical (unpaired) electrons. The molecule has 1 aliphatic rings. The largest absolute Gasteiger partial charge is 0.271 e. The first-order valence-electron chi connectivity index (χ1n) is 6.31. The molecule has 3 N–H and O–H groups in total. The molecule has 1 saturated carbocycles. The van der Waals surface area contributed by atoms with E-state index in [9.17, 15) is 0 Å². The molecule has 1 aliphatic carbocycles. The summed E-state index contributed by atoms with van der Waals surface area (Å²) in [5.41, 5.74) is 5.71. The van der Waals surface area contributed by atoms with Crippen LogP contribution >= 0.6 is 0 Å². The Labute approximate surface area is 98.2 Å². The molecule has 3 unspecified atom stereocenters. The van der Waals surface area contributed by atoms with Gasteiger partial charge in [-0.25, -0.2) is 0 Å². The maximum atomic E-state index is 5.65. The first-order chi connectivity index (χ1) is 7.76. The first kappa shape index (κ1) is 11.6. The van der Waals surface area contributed by atoms with Crippen molar-refractivity contribution >= 4 is 0 Å². The van der Waals surface area contributed by atoms with E-state index >= 15 is 0 Å². The van der Waals surface area contributed by atoms with E-state index in [1.54, 1.807) is 0 Å². The lowest BCUT2D eigenvalue weighted by Crippen LogP contribution is -2.29. The zero-order valence-corrected chi connectivity index (χ0v) is 10.2. The third-order valence-electron chi connectivity index (χ3n) is 3.66. The lowest BCUT2D eigenvalue weighted by atomic mass is 9.99. The van der Waals surface area contributed by atoms with Gasteiger partial charge in [-0.15, -0.1) is 0 Å². The Bertz CT molecular complexity index is 331. The summed E-state index contributed by atoms with van der Waals surface area (Å²) in [6.07, 6.45) is 3.67. The molecular formula is C14H22N2. The van der Waals surface area contributed by atoms with Crippen molar-refractivity contribution in [3.05, 3.63) is 35.4 Å². The SMILES string of the molecule is CCCc1ccc(C(NN)C2CC2C)cc1. The minimum absolute atomic E-state index is 0.339. The van der Waals surface area contributed by atoms with Crippen molar-refractivity contribution in [2.45, 2.75) is 39.2 Å². The van der Waals surface area contributed by atoms with E-state index < -0.39 is 0 Å². The van der Waals surface area contributed by atoms with Gasteiger partial charge in [0.15, 0.2) is 0 Å². The zero-order chi connectivity index (χ0) is 11.5. The quantitative estimate of drug-likeness (QED) is 0.589. The predicted octanol–water partition coefficient (Wildman–Crippen LogP) is 2.80. The van der Waals surface area contributed by atoms with Gasteiger partial charge >= 0.3 is 0 Å². The normalized spacial score (nSPS) is 25.4. The van der Waals surface area contributed by atoms with E-state index in [0.29, 0.717) is 6.04 Å². The number of rotatable bonds is 5. The molecule has 0 heterocycles. The molecule has 0 aromatic heterocycles. The molecule has 88 valence electrons. The summed E-state index contributed by atoms with van der Waals surface area (Å²) in [6, 6.07) is 9.25. The Kier molecular flexibility index (Phi) is 3.62. The second-order valence-electron chi connectivity index (χ2n) is 5.01. The fraction of sp³-hybridized carbons (Fsp3) is 0.571. The average molecular weight is 218 g/mol. The van der Waals surface area contributed by atoms with Gasteiger partial charge in [-0.1, -0.05) is 44.5 Å². The van der Waals surface area contributed by atoms with E-state index in [2.05, 4.69) is 43.5 Å². The highest BCUT2D eigenvalue weighted by Gasteiger charge is 2.39. The van der Waals surface area contributed by atoms with Gasteiger partial charge in [-0.05, 0) is 35.8 Å². The van der Waals surface area contributed by atoms with Crippen molar-refractivity contribution in [1.82, 2.24) is 5.43 Å². The van der Waals surface area contributed by atoms with Gasteiger partial charge in [0.05, 0.1) is 0 Å². The van der Waals surface area contributed by atoms with Crippen LogP contribution in [0.5, 0.6) is 0 Å². The summed E-state index contributed by atoms with van der Waals surface area (Å²) in [6.45, 7) is 4.50. The van der Waals surface area contributed by atoms with Crippen LogP contribution < -0.4 is 11.3 Å². The number of aryl methyl sites for hydroxylation is 1. The Hall–Kier alpha value is -0.860. The van der Waals surface area contributed by atoms with Crippen molar-refractivity contribution in [2.24, 2.45) is 17.7 Å². The lowest BCUT2D eigenvalue weighted by Gasteiger charge is -2.16. The summed E-state index contributed by atoms with van der Waals surface area (Å²) in [7, 11) is 0. The van der Waals surface area contributed by atoms with Gasteiger partial charge in [0, 0.05) is 6.04 Å². The summed E-state index contributed by atoms with van der Waals surface area (Å²) in [5, 5.41) is 0. The molecule has 1 aromatic carbocycles. The minimum atomic E-state index is 0.339. The molecule has 0 aliphatic heterocycles. The van der Waals surface area contributed by atoms with E-state index in [4.69, 9.17) is 5.84 Å².